The van der Waals surface area contributed by atoms with Gasteiger partial charge >= 0.3 is 0 Å². The van der Waals surface area contributed by atoms with Gasteiger partial charge in [-0.05, 0) is 78.6 Å². The number of pyridine rings is 1. The molecule has 1 amide bonds. The lowest BCUT2D eigenvalue weighted by atomic mass is 9.83. The molecular weight excluding hydrogens is 457 g/mol. The number of nitrogen functional groups attached to an aromatic ring is 1. The lowest BCUT2D eigenvalue weighted by molar-refractivity contribution is 0.0912. The molecule has 4 rings (SSSR count). The van der Waals surface area contributed by atoms with Crippen molar-refractivity contribution in [3.05, 3.63) is 82.3 Å². The van der Waals surface area contributed by atoms with Crippen LogP contribution in [-0.4, -0.2) is 33.8 Å². The third kappa shape index (κ3) is 5.38. The topological polar surface area (TPSA) is 108 Å². The molecule has 0 saturated heterocycles. The number of amides is 1. The Morgan fingerprint density at radius 3 is 2.62 bits per heavy atom. The van der Waals surface area contributed by atoms with Gasteiger partial charge in [0.2, 0.25) is 0 Å². The largest absolute Gasteiger partial charge is 0.394 e. The summed E-state index contributed by atoms with van der Waals surface area (Å²) in [5, 5.41) is 22.6. The Bertz CT molecular complexity index is 1180. The number of carbonyl (C=O) groups excluding carboxylic acids is 1. The second kappa shape index (κ2) is 10.5. The van der Waals surface area contributed by atoms with Crippen LogP contribution in [0.25, 0.3) is 11.1 Å². The summed E-state index contributed by atoms with van der Waals surface area (Å²) in [6.07, 6.45) is 4.69. The Kier molecular flexibility index (Phi) is 7.46. The number of rotatable bonds is 6. The van der Waals surface area contributed by atoms with Crippen LogP contribution in [0.3, 0.4) is 0 Å². The fourth-order valence-corrected chi connectivity index (χ4v) is 4.61. The molecule has 1 aromatic heterocycles. The summed E-state index contributed by atoms with van der Waals surface area (Å²) in [5.41, 5.74) is 8.68. The standard InChI is InChI=1S/C26H27ClFN3O3/c27-19-3-1-2-17(10-19)24(14-32)31-26(34)21-9-6-16(12-23(21)28)22-11-18(13-30-25(22)29)15-4-7-20(33)8-5-15/h1-3,6,9-13,15,20,24,32-33H,4-5,7-8,14H2,(H2,29,30)(H,31,34)/t15-,20-,24-/m1/s1. The van der Waals surface area contributed by atoms with Crippen molar-refractivity contribution in [2.24, 2.45) is 0 Å². The number of halogens is 2. The van der Waals surface area contributed by atoms with E-state index in [1.807, 2.05) is 6.07 Å². The van der Waals surface area contributed by atoms with E-state index >= 15 is 4.39 Å². The number of hydrogen-bond donors (Lipinski definition) is 4. The summed E-state index contributed by atoms with van der Waals surface area (Å²) < 4.78 is 15.0. The van der Waals surface area contributed by atoms with Gasteiger partial charge in [0.15, 0.2) is 0 Å². The van der Waals surface area contributed by atoms with Crippen molar-refractivity contribution in [3.8, 4) is 11.1 Å². The predicted octanol–water partition coefficient (Wildman–Crippen LogP) is 4.61. The molecule has 3 aromatic rings. The quantitative estimate of drug-likeness (QED) is 0.409. The highest BCUT2D eigenvalue weighted by molar-refractivity contribution is 6.30. The normalized spacial score (nSPS) is 18.9. The van der Waals surface area contributed by atoms with E-state index in [0.29, 0.717) is 21.7 Å². The van der Waals surface area contributed by atoms with Gasteiger partial charge < -0.3 is 21.3 Å². The molecule has 0 spiro atoms. The van der Waals surface area contributed by atoms with Gasteiger partial charge in [-0.1, -0.05) is 29.8 Å². The number of nitrogens with one attached hydrogen (secondary N) is 1. The van der Waals surface area contributed by atoms with Gasteiger partial charge in [0.1, 0.15) is 11.6 Å². The first-order chi connectivity index (χ1) is 16.4. The van der Waals surface area contributed by atoms with Crippen LogP contribution < -0.4 is 11.1 Å². The third-order valence-corrected chi connectivity index (χ3v) is 6.61. The lowest BCUT2D eigenvalue weighted by Gasteiger charge is -2.26. The average Bonchev–Trinajstić information content (AvgIpc) is 2.83. The first-order valence-electron chi connectivity index (χ1n) is 11.3. The number of hydrogen-bond acceptors (Lipinski definition) is 5. The molecule has 0 radical (unpaired) electrons. The van der Waals surface area contributed by atoms with E-state index < -0.39 is 17.8 Å². The molecule has 1 saturated carbocycles. The van der Waals surface area contributed by atoms with Crippen LogP contribution in [0.5, 0.6) is 0 Å². The molecule has 0 bridgehead atoms. The van der Waals surface area contributed by atoms with Crippen molar-refractivity contribution in [2.45, 2.75) is 43.7 Å². The molecule has 8 heteroatoms. The van der Waals surface area contributed by atoms with Crippen LogP contribution in [0.15, 0.2) is 54.7 Å². The fraction of sp³-hybridized carbons (Fsp3) is 0.308. The smallest absolute Gasteiger partial charge is 0.254 e. The van der Waals surface area contributed by atoms with Crippen LogP contribution in [0, 0.1) is 5.82 Å². The van der Waals surface area contributed by atoms with Gasteiger partial charge in [0.05, 0.1) is 24.3 Å². The molecule has 0 aliphatic heterocycles. The van der Waals surface area contributed by atoms with Crippen LogP contribution >= 0.6 is 11.6 Å². The van der Waals surface area contributed by atoms with Crippen molar-refractivity contribution >= 4 is 23.3 Å². The van der Waals surface area contributed by atoms with E-state index in [4.69, 9.17) is 17.3 Å². The minimum absolute atomic E-state index is 0.145. The van der Waals surface area contributed by atoms with E-state index in [9.17, 15) is 15.0 Å². The van der Waals surface area contributed by atoms with Gasteiger partial charge in [-0.25, -0.2) is 9.37 Å². The Morgan fingerprint density at radius 2 is 1.94 bits per heavy atom. The molecule has 5 N–H and O–H groups in total. The molecule has 1 aliphatic carbocycles. The van der Waals surface area contributed by atoms with Crippen molar-refractivity contribution in [2.75, 3.05) is 12.3 Å². The zero-order valence-electron chi connectivity index (χ0n) is 18.5. The molecule has 1 heterocycles. The van der Waals surface area contributed by atoms with E-state index in [0.717, 1.165) is 31.2 Å². The summed E-state index contributed by atoms with van der Waals surface area (Å²) in [5.74, 6) is -0.809. The maximum absolute atomic E-state index is 15.0. The van der Waals surface area contributed by atoms with E-state index in [1.54, 1.807) is 36.5 Å². The van der Waals surface area contributed by atoms with Gasteiger partial charge in [-0.3, -0.25) is 4.79 Å². The van der Waals surface area contributed by atoms with Crippen molar-refractivity contribution in [1.29, 1.82) is 0 Å². The summed E-state index contributed by atoms with van der Waals surface area (Å²) in [6.45, 7) is -0.362. The highest BCUT2D eigenvalue weighted by atomic mass is 35.5. The van der Waals surface area contributed by atoms with Crippen LogP contribution in [-0.2, 0) is 0 Å². The fourth-order valence-electron chi connectivity index (χ4n) is 4.42. The summed E-state index contributed by atoms with van der Waals surface area (Å²) in [4.78, 5) is 17.0. The minimum Gasteiger partial charge on any atom is -0.394 e. The molecule has 1 fully saturated rings. The second-order valence-electron chi connectivity index (χ2n) is 8.67. The highest BCUT2D eigenvalue weighted by Gasteiger charge is 2.23. The SMILES string of the molecule is Nc1ncc([C@H]2CC[C@H](O)CC2)cc1-c1ccc(C(=O)N[C@H](CO)c2cccc(Cl)c2)c(F)c1. The van der Waals surface area contributed by atoms with Gasteiger partial charge in [-0.2, -0.15) is 0 Å². The number of nitrogens with two attached hydrogens (primary N) is 1. The van der Waals surface area contributed by atoms with Gasteiger partial charge in [0, 0.05) is 16.8 Å². The number of aromatic nitrogens is 1. The maximum Gasteiger partial charge on any atom is 0.254 e. The van der Waals surface area contributed by atoms with Crippen molar-refractivity contribution in [1.82, 2.24) is 10.3 Å². The van der Waals surface area contributed by atoms with E-state index in [-0.39, 0.29) is 30.0 Å². The van der Waals surface area contributed by atoms with E-state index in [1.165, 1.54) is 12.1 Å². The van der Waals surface area contributed by atoms with Gasteiger partial charge in [-0.15, -0.1) is 0 Å². The summed E-state index contributed by atoms with van der Waals surface area (Å²) in [7, 11) is 0. The molecular formula is C26H27ClFN3O3. The number of anilines is 1. The second-order valence-corrected chi connectivity index (χ2v) is 9.10. The van der Waals surface area contributed by atoms with Crippen LogP contribution in [0.2, 0.25) is 5.02 Å². The van der Waals surface area contributed by atoms with Crippen LogP contribution in [0.1, 0.15) is 59.1 Å². The number of carbonyl (C=O) groups is 1. The van der Waals surface area contributed by atoms with Crippen LogP contribution in [0.4, 0.5) is 10.2 Å². The summed E-state index contributed by atoms with van der Waals surface area (Å²) in [6, 6.07) is 12.2. The molecule has 34 heavy (non-hydrogen) atoms. The Hall–Kier alpha value is -3.00. The first-order valence-corrected chi connectivity index (χ1v) is 11.6. The maximum atomic E-state index is 15.0. The zero-order chi connectivity index (χ0) is 24.2. The molecule has 178 valence electrons. The molecule has 6 nitrogen and oxygen atoms in total. The number of nitrogens with zero attached hydrogens (tertiary/aromatic N) is 1. The zero-order valence-corrected chi connectivity index (χ0v) is 19.3. The molecule has 0 unspecified atom stereocenters. The molecule has 1 atom stereocenters. The van der Waals surface area contributed by atoms with E-state index in [2.05, 4.69) is 10.3 Å². The van der Waals surface area contributed by atoms with Gasteiger partial charge in [0.25, 0.3) is 5.91 Å². The molecule has 2 aromatic carbocycles. The lowest BCUT2D eigenvalue weighted by Crippen LogP contribution is -2.31. The third-order valence-electron chi connectivity index (χ3n) is 6.37. The Morgan fingerprint density at radius 1 is 1.18 bits per heavy atom. The predicted molar refractivity (Wildman–Crippen MR) is 130 cm³/mol. The monoisotopic (exact) mass is 483 g/mol. The average molecular weight is 484 g/mol. The molecule has 1 aliphatic rings. The Labute approximate surface area is 202 Å². The number of aliphatic hydroxyl groups is 2. The van der Waals surface area contributed by atoms with Crippen molar-refractivity contribution < 1.29 is 19.4 Å². The minimum atomic E-state index is -0.726. The highest BCUT2D eigenvalue weighted by Crippen LogP contribution is 2.36. The van der Waals surface area contributed by atoms with Crippen molar-refractivity contribution in [3.63, 3.8) is 0 Å². The Balaban J connectivity index is 1.55. The summed E-state index contributed by atoms with van der Waals surface area (Å²) >= 11 is 6.00. The number of benzene rings is 2. The first kappa shape index (κ1) is 24.1. The number of aliphatic hydroxyl groups excluding tert-OH is 2.